The summed E-state index contributed by atoms with van der Waals surface area (Å²) in [5, 5.41) is 11.3. The van der Waals surface area contributed by atoms with Crippen molar-refractivity contribution >= 4 is 17.3 Å². The second-order valence-electron chi connectivity index (χ2n) is 5.24. The van der Waals surface area contributed by atoms with Crippen LogP contribution in [-0.2, 0) is 9.53 Å². The number of anilines is 1. The molecule has 0 spiro atoms. The molecular weight excluding hydrogens is 272 g/mol. The first-order valence-electron chi connectivity index (χ1n) is 7.20. The number of nitrogens with zero attached hydrogens (tertiary/aromatic N) is 2. The average molecular weight is 292 g/mol. The molecule has 2 rings (SSSR count). The molecule has 1 aliphatic rings. The predicted octanol–water partition coefficient (Wildman–Crippen LogP) is 2.68. The Labute approximate surface area is 123 Å². The topological polar surface area (TPSA) is 72.7 Å². The van der Waals surface area contributed by atoms with Gasteiger partial charge in [0, 0.05) is 18.7 Å². The molecule has 6 heteroatoms. The van der Waals surface area contributed by atoms with Crippen LogP contribution >= 0.6 is 0 Å². The zero-order valence-electron chi connectivity index (χ0n) is 12.4. The lowest BCUT2D eigenvalue weighted by molar-refractivity contribution is -0.384. The largest absolute Gasteiger partial charge is 0.466 e. The number of carbonyl (C=O) groups excluding carboxylic acids is 1. The van der Waals surface area contributed by atoms with Crippen molar-refractivity contribution in [2.45, 2.75) is 26.7 Å². The summed E-state index contributed by atoms with van der Waals surface area (Å²) in [6, 6.07) is 5.29. The fraction of sp³-hybridized carbons (Fsp3) is 0.533. The molecule has 0 saturated carbocycles. The smallest absolute Gasteiger partial charge is 0.310 e. The average Bonchev–Trinajstić information content (AvgIpc) is 2.47. The molecular formula is C15H20N2O4. The second kappa shape index (κ2) is 6.56. The van der Waals surface area contributed by atoms with Gasteiger partial charge in [-0.25, -0.2) is 0 Å². The molecule has 0 radical (unpaired) electrons. The lowest BCUT2D eigenvalue weighted by Gasteiger charge is -2.33. The van der Waals surface area contributed by atoms with Crippen molar-refractivity contribution in [1.82, 2.24) is 0 Å². The predicted molar refractivity (Wildman–Crippen MR) is 79.4 cm³/mol. The van der Waals surface area contributed by atoms with Crippen molar-refractivity contribution in [2.75, 3.05) is 24.6 Å². The monoisotopic (exact) mass is 292 g/mol. The van der Waals surface area contributed by atoms with E-state index < -0.39 is 0 Å². The summed E-state index contributed by atoms with van der Waals surface area (Å²) in [5.41, 5.74) is 1.35. The quantitative estimate of drug-likeness (QED) is 0.484. The number of rotatable bonds is 4. The minimum atomic E-state index is -0.349. The van der Waals surface area contributed by atoms with Crippen LogP contribution < -0.4 is 4.90 Å². The normalized spacial score (nSPS) is 18.4. The minimum Gasteiger partial charge on any atom is -0.466 e. The van der Waals surface area contributed by atoms with Crippen LogP contribution in [0.3, 0.4) is 0 Å². The number of carbonyl (C=O) groups is 1. The number of piperidine rings is 1. The zero-order chi connectivity index (χ0) is 15.4. The van der Waals surface area contributed by atoms with Crippen LogP contribution in [0.2, 0.25) is 0 Å². The van der Waals surface area contributed by atoms with Crippen LogP contribution in [0.1, 0.15) is 25.3 Å². The number of benzene rings is 1. The van der Waals surface area contributed by atoms with Crippen LogP contribution in [0.15, 0.2) is 18.2 Å². The van der Waals surface area contributed by atoms with Crippen LogP contribution in [0.25, 0.3) is 0 Å². The van der Waals surface area contributed by atoms with Crippen LogP contribution in [0.4, 0.5) is 11.4 Å². The summed E-state index contributed by atoms with van der Waals surface area (Å²) < 4.78 is 5.07. The molecule has 0 bridgehead atoms. The van der Waals surface area contributed by atoms with Gasteiger partial charge in [0.15, 0.2) is 0 Å². The van der Waals surface area contributed by atoms with Gasteiger partial charge in [-0.15, -0.1) is 0 Å². The van der Waals surface area contributed by atoms with E-state index in [1.54, 1.807) is 26.0 Å². The fourth-order valence-electron chi connectivity index (χ4n) is 2.78. The van der Waals surface area contributed by atoms with Gasteiger partial charge >= 0.3 is 5.97 Å². The lowest BCUT2D eigenvalue weighted by atomic mass is 9.97. The van der Waals surface area contributed by atoms with E-state index in [1.165, 1.54) is 0 Å². The maximum atomic E-state index is 11.9. The highest BCUT2D eigenvalue weighted by molar-refractivity contribution is 5.75. The van der Waals surface area contributed by atoms with Crippen molar-refractivity contribution in [1.29, 1.82) is 0 Å². The van der Waals surface area contributed by atoms with Crippen LogP contribution in [0, 0.1) is 23.0 Å². The van der Waals surface area contributed by atoms with Crippen LogP contribution in [-0.4, -0.2) is 30.6 Å². The van der Waals surface area contributed by atoms with Crippen LogP contribution in [0.5, 0.6) is 0 Å². The Balaban J connectivity index is 2.24. The van der Waals surface area contributed by atoms with E-state index in [0.29, 0.717) is 24.4 Å². The van der Waals surface area contributed by atoms with Crippen molar-refractivity contribution in [3.05, 3.63) is 33.9 Å². The first kappa shape index (κ1) is 15.3. The van der Waals surface area contributed by atoms with Gasteiger partial charge in [-0.3, -0.25) is 14.9 Å². The molecule has 21 heavy (non-hydrogen) atoms. The summed E-state index contributed by atoms with van der Waals surface area (Å²) in [5.74, 6) is -0.420. The third-order valence-electron chi connectivity index (χ3n) is 3.78. The van der Waals surface area contributed by atoms with Gasteiger partial charge in [0.25, 0.3) is 5.69 Å². The highest BCUT2D eigenvalue weighted by Gasteiger charge is 2.30. The maximum Gasteiger partial charge on any atom is 0.310 e. The van der Waals surface area contributed by atoms with E-state index in [-0.39, 0.29) is 22.5 Å². The SMILES string of the molecule is CCOC(=O)C1CCCN(c2cccc(C)c2[N+](=O)[O-])C1. The Hall–Kier alpha value is -2.11. The molecule has 1 unspecified atom stereocenters. The molecule has 1 heterocycles. The summed E-state index contributed by atoms with van der Waals surface area (Å²) in [7, 11) is 0. The van der Waals surface area contributed by atoms with Gasteiger partial charge in [0.1, 0.15) is 5.69 Å². The number of hydrogen-bond acceptors (Lipinski definition) is 5. The molecule has 1 saturated heterocycles. The van der Waals surface area contributed by atoms with Crippen molar-refractivity contribution in [3.8, 4) is 0 Å². The molecule has 1 aromatic rings. The summed E-state index contributed by atoms with van der Waals surface area (Å²) in [6.07, 6.45) is 1.60. The first-order chi connectivity index (χ1) is 10.0. The van der Waals surface area contributed by atoms with Gasteiger partial charge in [-0.2, -0.15) is 0 Å². The van der Waals surface area contributed by atoms with Crippen molar-refractivity contribution < 1.29 is 14.5 Å². The summed E-state index contributed by atoms with van der Waals surface area (Å²) in [4.78, 5) is 24.7. The molecule has 114 valence electrons. The number of nitro groups is 1. The minimum absolute atomic E-state index is 0.127. The molecule has 6 nitrogen and oxygen atoms in total. The highest BCUT2D eigenvalue weighted by Crippen LogP contribution is 2.34. The van der Waals surface area contributed by atoms with Gasteiger partial charge < -0.3 is 9.64 Å². The third-order valence-corrected chi connectivity index (χ3v) is 3.78. The number of ether oxygens (including phenoxy) is 1. The van der Waals surface area contributed by atoms with E-state index in [1.807, 2.05) is 11.0 Å². The Bertz CT molecular complexity index is 544. The summed E-state index contributed by atoms with van der Waals surface area (Å²) >= 11 is 0. The standard InChI is InChI=1S/C15H20N2O4/c1-3-21-15(18)12-7-5-9-16(10-12)13-8-4-6-11(2)14(13)17(19)20/h4,6,8,12H,3,5,7,9-10H2,1-2H3. The molecule has 0 aliphatic carbocycles. The van der Waals surface area contributed by atoms with Gasteiger partial charge in [-0.1, -0.05) is 12.1 Å². The molecule has 0 amide bonds. The van der Waals surface area contributed by atoms with Gasteiger partial charge in [0.05, 0.1) is 17.4 Å². The molecule has 1 fully saturated rings. The fourth-order valence-corrected chi connectivity index (χ4v) is 2.78. The molecule has 1 atom stereocenters. The van der Waals surface area contributed by atoms with E-state index >= 15 is 0 Å². The maximum absolute atomic E-state index is 11.9. The second-order valence-corrected chi connectivity index (χ2v) is 5.24. The third kappa shape index (κ3) is 3.32. The number of esters is 1. The Kier molecular flexibility index (Phi) is 4.77. The van der Waals surface area contributed by atoms with Crippen molar-refractivity contribution in [3.63, 3.8) is 0 Å². The molecule has 0 aromatic heterocycles. The summed E-state index contributed by atoms with van der Waals surface area (Å²) in [6.45, 7) is 5.07. The Morgan fingerprint density at radius 3 is 2.95 bits per heavy atom. The van der Waals surface area contributed by atoms with Gasteiger partial charge in [0.2, 0.25) is 0 Å². The Morgan fingerprint density at radius 1 is 1.52 bits per heavy atom. The highest BCUT2D eigenvalue weighted by atomic mass is 16.6. The van der Waals surface area contributed by atoms with E-state index in [2.05, 4.69) is 0 Å². The number of nitro benzene ring substituents is 1. The van der Waals surface area contributed by atoms with Gasteiger partial charge in [-0.05, 0) is 32.8 Å². The molecule has 1 aliphatic heterocycles. The molecule has 0 N–H and O–H groups in total. The Morgan fingerprint density at radius 2 is 2.29 bits per heavy atom. The zero-order valence-corrected chi connectivity index (χ0v) is 12.4. The van der Waals surface area contributed by atoms with E-state index in [4.69, 9.17) is 4.74 Å². The first-order valence-corrected chi connectivity index (χ1v) is 7.20. The number of para-hydroxylation sites is 1. The van der Waals surface area contributed by atoms with Crippen molar-refractivity contribution in [2.24, 2.45) is 5.92 Å². The number of aryl methyl sites for hydroxylation is 1. The van der Waals surface area contributed by atoms with E-state index in [9.17, 15) is 14.9 Å². The number of hydrogen-bond donors (Lipinski definition) is 0. The lowest BCUT2D eigenvalue weighted by Crippen LogP contribution is -2.39. The molecule has 1 aromatic carbocycles. The van der Waals surface area contributed by atoms with E-state index in [0.717, 1.165) is 19.4 Å².